The summed E-state index contributed by atoms with van der Waals surface area (Å²) in [5.74, 6) is 1.01. The Morgan fingerprint density at radius 2 is 2.00 bits per heavy atom. The fourth-order valence-corrected chi connectivity index (χ4v) is 1.91. The second-order valence-corrected chi connectivity index (χ2v) is 4.56. The van der Waals surface area contributed by atoms with Crippen molar-refractivity contribution in [2.45, 2.75) is 46.0 Å². The lowest BCUT2D eigenvalue weighted by atomic mass is 10.1. The van der Waals surface area contributed by atoms with Gasteiger partial charge in [0.2, 0.25) is 0 Å². The van der Waals surface area contributed by atoms with Gasteiger partial charge in [0, 0.05) is 0 Å². The molecule has 0 fully saturated rings. The van der Waals surface area contributed by atoms with Crippen molar-refractivity contribution in [1.29, 1.82) is 0 Å². The topological polar surface area (TPSA) is 35.2 Å². The van der Waals surface area contributed by atoms with Gasteiger partial charge in [-0.2, -0.15) is 0 Å². The van der Waals surface area contributed by atoms with Crippen molar-refractivity contribution >= 4 is 0 Å². The third-order valence-electron chi connectivity index (χ3n) is 2.89. The van der Waals surface area contributed by atoms with Crippen LogP contribution in [0.25, 0.3) is 0 Å². The van der Waals surface area contributed by atoms with Crippen LogP contribution >= 0.6 is 0 Å². The van der Waals surface area contributed by atoms with E-state index in [1.807, 2.05) is 0 Å². The summed E-state index contributed by atoms with van der Waals surface area (Å²) < 4.78 is 5.84. The molecule has 0 aliphatic carbocycles. The Morgan fingerprint density at radius 1 is 1.18 bits per heavy atom. The zero-order valence-corrected chi connectivity index (χ0v) is 11.2. The molecule has 0 aliphatic rings. The van der Waals surface area contributed by atoms with Gasteiger partial charge >= 0.3 is 0 Å². The molecule has 2 N–H and O–H groups in total. The van der Waals surface area contributed by atoms with Gasteiger partial charge in [-0.15, -0.1) is 0 Å². The summed E-state index contributed by atoms with van der Waals surface area (Å²) in [6, 6.07) is 6.34. The number of hydrogen-bond donors (Lipinski definition) is 1. The van der Waals surface area contributed by atoms with Gasteiger partial charge in [0.1, 0.15) is 5.75 Å². The third kappa shape index (κ3) is 5.22. The lowest BCUT2D eigenvalue weighted by molar-refractivity contribution is 0.302. The maximum Gasteiger partial charge on any atom is 0.122 e. The van der Waals surface area contributed by atoms with Gasteiger partial charge in [-0.3, -0.25) is 0 Å². The predicted molar refractivity (Wildman–Crippen MR) is 73.6 cm³/mol. The van der Waals surface area contributed by atoms with E-state index in [1.165, 1.54) is 30.4 Å². The molecule has 0 saturated carbocycles. The molecule has 96 valence electrons. The molecule has 0 atom stereocenters. The van der Waals surface area contributed by atoms with Crippen molar-refractivity contribution in [1.82, 2.24) is 0 Å². The predicted octanol–water partition coefficient (Wildman–Crippen LogP) is 3.46. The number of rotatable bonds is 8. The quantitative estimate of drug-likeness (QED) is 0.700. The number of nitrogens with two attached hydrogens (primary N) is 1. The standard InChI is InChI=1S/C15H25NO/c1-3-4-5-6-11-17-15-8-7-13(2)12-14(15)9-10-16/h7-8,12H,3-6,9-11,16H2,1-2H3. The van der Waals surface area contributed by atoms with Crippen molar-refractivity contribution in [3.63, 3.8) is 0 Å². The van der Waals surface area contributed by atoms with Crippen LogP contribution in [-0.2, 0) is 6.42 Å². The molecule has 0 bridgehead atoms. The Kier molecular flexibility index (Phi) is 6.71. The first-order valence-corrected chi connectivity index (χ1v) is 6.70. The van der Waals surface area contributed by atoms with Crippen LogP contribution in [0.4, 0.5) is 0 Å². The van der Waals surface area contributed by atoms with Crippen LogP contribution in [0, 0.1) is 6.92 Å². The zero-order valence-electron chi connectivity index (χ0n) is 11.2. The minimum atomic E-state index is 0.676. The van der Waals surface area contributed by atoms with Crippen LogP contribution in [0.15, 0.2) is 18.2 Å². The molecule has 0 heterocycles. The average molecular weight is 235 g/mol. The van der Waals surface area contributed by atoms with Gasteiger partial charge in [-0.25, -0.2) is 0 Å². The largest absolute Gasteiger partial charge is 0.493 e. The minimum absolute atomic E-state index is 0.676. The molecule has 0 spiro atoms. The van der Waals surface area contributed by atoms with Crippen LogP contribution < -0.4 is 10.5 Å². The van der Waals surface area contributed by atoms with Crippen molar-refractivity contribution in [3.05, 3.63) is 29.3 Å². The fourth-order valence-electron chi connectivity index (χ4n) is 1.91. The Hall–Kier alpha value is -1.02. The van der Waals surface area contributed by atoms with E-state index < -0.39 is 0 Å². The highest BCUT2D eigenvalue weighted by Gasteiger charge is 2.03. The van der Waals surface area contributed by atoms with Gasteiger partial charge in [-0.05, 0) is 37.9 Å². The Bertz CT molecular complexity index is 323. The molecule has 1 aromatic rings. The van der Waals surface area contributed by atoms with Crippen molar-refractivity contribution in [2.24, 2.45) is 5.73 Å². The monoisotopic (exact) mass is 235 g/mol. The highest BCUT2D eigenvalue weighted by atomic mass is 16.5. The minimum Gasteiger partial charge on any atom is -0.493 e. The Balaban J connectivity index is 2.45. The van der Waals surface area contributed by atoms with Crippen LogP contribution in [0.1, 0.15) is 43.7 Å². The van der Waals surface area contributed by atoms with E-state index in [4.69, 9.17) is 10.5 Å². The van der Waals surface area contributed by atoms with Gasteiger partial charge in [0.25, 0.3) is 0 Å². The molecule has 0 radical (unpaired) electrons. The first-order valence-electron chi connectivity index (χ1n) is 6.70. The van der Waals surface area contributed by atoms with Crippen LogP contribution in [-0.4, -0.2) is 13.2 Å². The lowest BCUT2D eigenvalue weighted by Gasteiger charge is -2.11. The van der Waals surface area contributed by atoms with Crippen molar-refractivity contribution < 1.29 is 4.74 Å². The van der Waals surface area contributed by atoms with Gasteiger partial charge < -0.3 is 10.5 Å². The van der Waals surface area contributed by atoms with Crippen LogP contribution in [0.3, 0.4) is 0 Å². The van der Waals surface area contributed by atoms with E-state index in [9.17, 15) is 0 Å². The summed E-state index contributed by atoms with van der Waals surface area (Å²) in [6.45, 7) is 5.82. The van der Waals surface area contributed by atoms with Crippen LogP contribution in [0.2, 0.25) is 0 Å². The van der Waals surface area contributed by atoms with Crippen molar-refractivity contribution in [3.8, 4) is 5.75 Å². The molecule has 0 amide bonds. The highest BCUT2D eigenvalue weighted by molar-refractivity contribution is 5.37. The van der Waals surface area contributed by atoms with E-state index >= 15 is 0 Å². The van der Waals surface area contributed by atoms with Gasteiger partial charge in [0.05, 0.1) is 6.61 Å². The van der Waals surface area contributed by atoms with Crippen LogP contribution in [0.5, 0.6) is 5.75 Å². The van der Waals surface area contributed by atoms with E-state index in [2.05, 4.69) is 32.0 Å². The molecule has 17 heavy (non-hydrogen) atoms. The SMILES string of the molecule is CCCCCCOc1ccc(C)cc1CCN. The normalized spacial score (nSPS) is 10.5. The maximum absolute atomic E-state index is 5.84. The summed E-state index contributed by atoms with van der Waals surface area (Å²) in [5.41, 5.74) is 8.13. The first-order chi connectivity index (χ1) is 8.27. The summed E-state index contributed by atoms with van der Waals surface area (Å²) >= 11 is 0. The summed E-state index contributed by atoms with van der Waals surface area (Å²) in [5, 5.41) is 0. The number of unbranched alkanes of at least 4 members (excludes halogenated alkanes) is 3. The summed E-state index contributed by atoms with van der Waals surface area (Å²) in [4.78, 5) is 0. The molecular formula is C15H25NO. The second-order valence-electron chi connectivity index (χ2n) is 4.56. The number of ether oxygens (including phenoxy) is 1. The van der Waals surface area contributed by atoms with Crippen molar-refractivity contribution in [2.75, 3.05) is 13.2 Å². The molecule has 2 heteroatoms. The summed E-state index contributed by atoms with van der Waals surface area (Å²) in [6.07, 6.45) is 5.86. The number of benzene rings is 1. The maximum atomic E-state index is 5.84. The van der Waals surface area contributed by atoms with Gasteiger partial charge in [0.15, 0.2) is 0 Å². The molecular weight excluding hydrogens is 210 g/mol. The molecule has 0 aromatic heterocycles. The van der Waals surface area contributed by atoms with E-state index in [0.29, 0.717) is 6.54 Å². The van der Waals surface area contributed by atoms with E-state index in [0.717, 1.165) is 25.2 Å². The first kappa shape index (κ1) is 14.0. The van der Waals surface area contributed by atoms with E-state index in [1.54, 1.807) is 0 Å². The number of hydrogen-bond acceptors (Lipinski definition) is 2. The van der Waals surface area contributed by atoms with Gasteiger partial charge in [-0.1, -0.05) is 43.9 Å². The molecule has 1 aromatic carbocycles. The Morgan fingerprint density at radius 3 is 2.71 bits per heavy atom. The molecule has 1 rings (SSSR count). The fraction of sp³-hybridized carbons (Fsp3) is 0.600. The smallest absolute Gasteiger partial charge is 0.122 e. The summed E-state index contributed by atoms with van der Waals surface area (Å²) in [7, 11) is 0. The van der Waals surface area contributed by atoms with E-state index in [-0.39, 0.29) is 0 Å². The Labute approximate surface area is 105 Å². The number of aryl methyl sites for hydroxylation is 1. The highest BCUT2D eigenvalue weighted by Crippen LogP contribution is 2.20. The molecule has 0 saturated heterocycles. The molecule has 0 unspecified atom stereocenters. The second kappa shape index (κ2) is 8.13. The molecule has 2 nitrogen and oxygen atoms in total. The lowest BCUT2D eigenvalue weighted by Crippen LogP contribution is -2.06. The average Bonchev–Trinajstić information content (AvgIpc) is 2.32. The molecule has 0 aliphatic heterocycles. The third-order valence-corrected chi connectivity index (χ3v) is 2.89. The zero-order chi connectivity index (χ0) is 12.5.